The zero-order chi connectivity index (χ0) is 7.11. The third kappa shape index (κ3) is 5.03. The minimum Gasteiger partial charge on any atom is -0.395 e. The number of hydrogen-bond donors (Lipinski definition) is 3. The molecule has 3 nitrogen and oxygen atoms in total. The van der Waals surface area contributed by atoms with Gasteiger partial charge >= 0.3 is 0 Å². The zero-order valence-electron chi connectivity index (χ0n) is 5.52. The number of allylic oxidation sites excluding steroid dienone is 1. The van der Waals surface area contributed by atoms with Crippen molar-refractivity contribution in [1.82, 2.24) is 5.32 Å². The number of aliphatic hydroxyl groups is 1. The van der Waals surface area contributed by atoms with Gasteiger partial charge < -0.3 is 15.8 Å². The molecule has 0 aromatic carbocycles. The highest BCUT2D eigenvalue weighted by Crippen LogP contribution is 1.80. The molecule has 3 N–H and O–H groups in total. The van der Waals surface area contributed by atoms with Crippen LogP contribution in [0, 0.1) is 5.41 Å². The minimum atomic E-state index is 0.127. The Hall–Kier alpha value is -0.830. The van der Waals surface area contributed by atoms with E-state index < -0.39 is 0 Å². The Morgan fingerprint density at radius 1 is 1.78 bits per heavy atom. The lowest BCUT2D eigenvalue weighted by molar-refractivity contribution is 0.298. The fraction of sp³-hybridized carbons (Fsp3) is 0.500. The van der Waals surface area contributed by atoms with Crippen molar-refractivity contribution in [1.29, 1.82) is 5.41 Å². The number of nitrogens with one attached hydrogen (secondary N) is 2. The molecule has 0 fully saturated rings. The molecule has 0 aromatic heterocycles. The van der Waals surface area contributed by atoms with Gasteiger partial charge in [-0.2, -0.15) is 0 Å². The molecule has 0 aliphatic heterocycles. The van der Waals surface area contributed by atoms with Crippen molar-refractivity contribution in [3.63, 3.8) is 0 Å². The molecule has 0 aromatic rings. The molecule has 0 aliphatic carbocycles. The van der Waals surface area contributed by atoms with Gasteiger partial charge in [0, 0.05) is 19.0 Å². The summed E-state index contributed by atoms with van der Waals surface area (Å²) in [5, 5.41) is 17.9. The molecule has 0 atom stereocenters. The van der Waals surface area contributed by atoms with Gasteiger partial charge in [0.05, 0.1) is 6.61 Å². The van der Waals surface area contributed by atoms with Crippen LogP contribution in [-0.4, -0.2) is 24.5 Å². The summed E-state index contributed by atoms with van der Waals surface area (Å²) in [5.41, 5.74) is 0.850. The van der Waals surface area contributed by atoms with Gasteiger partial charge in [-0.1, -0.05) is 0 Å². The van der Waals surface area contributed by atoms with Crippen molar-refractivity contribution >= 4 is 6.21 Å². The molecule has 0 radical (unpaired) electrons. The molecular weight excluding hydrogens is 116 g/mol. The average Bonchev–Trinajstić information content (AvgIpc) is 1.89. The predicted molar refractivity (Wildman–Crippen MR) is 37.6 cm³/mol. The first kappa shape index (κ1) is 8.17. The molecular formula is C6H12N2O. The Bertz CT molecular complexity index is 110. The fourth-order valence-electron chi connectivity index (χ4n) is 0.339. The van der Waals surface area contributed by atoms with Crippen molar-refractivity contribution in [2.75, 3.05) is 13.2 Å². The van der Waals surface area contributed by atoms with Crippen molar-refractivity contribution in [2.24, 2.45) is 0 Å². The molecule has 0 heterocycles. The second-order valence-electron chi connectivity index (χ2n) is 1.71. The summed E-state index contributed by atoms with van der Waals surface area (Å²) in [7, 11) is 0. The van der Waals surface area contributed by atoms with Gasteiger partial charge in [-0.15, -0.1) is 0 Å². The van der Waals surface area contributed by atoms with Crippen LogP contribution in [0.25, 0.3) is 0 Å². The smallest absolute Gasteiger partial charge is 0.0603 e. The topological polar surface area (TPSA) is 56.1 Å². The van der Waals surface area contributed by atoms with E-state index in [0.29, 0.717) is 6.54 Å². The maximum absolute atomic E-state index is 8.30. The molecule has 0 aliphatic rings. The van der Waals surface area contributed by atoms with E-state index in [-0.39, 0.29) is 6.61 Å². The third-order valence-electron chi connectivity index (χ3n) is 0.814. The van der Waals surface area contributed by atoms with Crippen LogP contribution in [0.15, 0.2) is 11.8 Å². The average molecular weight is 128 g/mol. The van der Waals surface area contributed by atoms with Crippen molar-refractivity contribution in [3.8, 4) is 0 Å². The first-order valence-corrected chi connectivity index (χ1v) is 2.82. The van der Waals surface area contributed by atoms with Crippen molar-refractivity contribution in [2.45, 2.75) is 6.92 Å². The second-order valence-corrected chi connectivity index (χ2v) is 1.71. The normalized spacial score (nSPS) is 11.1. The van der Waals surface area contributed by atoms with E-state index >= 15 is 0 Å². The first-order chi connectivity index (χ1) is 4.31. The minimum absolute atomic E-state index is 0.127. The maximum Gasteiger partial charge on any atom is 0.0603 e. The molecule has 0 spiro atoms. The van der Waals surface area contributed by atoms with Crippen LogP contribution < -0.4 is 5.32 Å². The van der Waals surface area contributed by atoms with Gasteiger partial charge in [0.25, 0.3) is 0 Å². The van der Waals surface area contributed by atoms with Gasteiger partial charge in [0.15, 0.2) is 0 Å². The summed E-state index contributed by atoms with van der Waals surface area (Å²) < 4.78 is 0. The standard InChI is InChI=1S/C6H12N2O/c1-6(4-7)5-8-2-3-9/h4-5,7-9H,2-3H2,1H3/b6-5-,7-4?. The van der Waals surface area contributed by atoms with Gasteiger partial charge in [0.1, 0.15) is 0 Å². The SMILES string of the molecule is C/C(C=N)=C/NCCO. The van der Waals surface area contributed by atoms with Crippen LogP contribution in [-0.2, 0) is 0 Å². The predicted octanol–water partition coefficient (Wildman–Crippen LogP) is 0.122. The Morgan fingerprint density at radius 2 is 2.44 bits per heavy atom. The van der Waals surface area contributed by atoms with Crippen LogP contribution in [0.2, 0.25) is 0 Å². The molecule has 9 heavy (non-hydrogen) atoms. The molecule has 0 rings (SSSR count). The summed E-state index contributed by atoms with van der Waals surface area (Å²) >= 11 is 0. The summed E-state index contributed by atoms with van der Waals surface area (Å²) in [6.45, 7) is 2.49. The Balaban J connectivity index is 3.31. The van der Waals surface area contributed by atoms with Gasteiger partial charge in [-0.3, -0.25) is 0 Å². The molecule has 0 saturated carbocycles. The van der Waals surface area contributed by atoms with E-state index in [1.165, 1.54) is 6.21 Å². The Kier molecular flexibility index (Phi) is 4.82. The molecule has 0 saturated heterocycles. The lowest BCUT2D eigenvalue weighted by Crippen LogP contribution is -2.11. The lowest BCUT2D eigenvalue weighted by Gasteiger charge is -1.94. The van der Waals surface area contributed by atoms with E-state index in [2.05, 4.69) is 5.32 Å². The molecule has 52 valence electrons. The van der Waals surface area contributed by atoms with Gasteiger partial charge in [0.2, 0.25) is 0 Å². The zero-order valence-corrected chi connectivity index (χ0v) is 5.52. The molecule has 0 unspecified atom stereocenters. The first-order valence-electron chi connectivity index (χ1n) is 2.82. The van der Waals surface area contributed by atoms with E-state index in [0.717, 1.165) is 5.57 Å². The van der Waals surface area contributed by atoms with Crippen LogP contribution in [0.5, 0.6) is 0 Å². The molecule has 0 bridgehead atoms. The van der Waals surface area contributed by atoms with Crippen LogP contribution in [0.3, 0.4) is 0 Å². The number of rotatable bonds is 4. The second kappa shape index (κ2) is 5.31. The van der Waals surface area contributed by atoms with Crippen molar-refractivity contribution in [3.05, 3.63) is 11.8 Å². The van der Waals surface area contributed by atoms with Gasteiger partial charge in [-0.05, 0) is 12.5 Å². The summed E-state index contributed by atoms with van der Waals surface area (Å²) in [6, 6.07) is 0. The monoisotopic (exact) mass is 128 g/mol. The summed E-state index contributed by atoms with van der Waals surface area (Å²) in [5.74, 6) is 0. The lowest BCUT2D eigenvalue weighted by atomic mass is 10.4. The quantitative estimate of drug-likeness (QED) is 0.372. The molecule has 0 amide bonds. The van der Waals surface area contributed by atoms with E-state index in [9.17, 15) is 0 Å². The van der Waals surface area contributed by atoms with Crippen LogP contribution in [0.4, 0.5) is 0 Å². The highest BCUT2D eigenvalue weighted by molar-refractivity contribution is 5.74. The Morgan fingerprint density at radius 3 is 2.89 bits per heavy atom. The maximum atomic E-state index is 8.30. The highest BCUT2D eigenvalue weighted by atomic mass is 16.3. The fourth-order valence-corrected chi connectivity index (χ4v) is 0.339. The largest absolute Gasteiger partial charge is 0.395 e. The number of hydrogen-bond acceptors (Lipinski definition) is 3. The highest BCUT2D eigenvalue weighted by Gasteiger charge is 1.78. The van der Waals surface area contributed by atoms with Crippen LogP contribution >= 0.6 is 0 Å². The van der Waals surface area contributed by atoms with Crippen LogP contribution in [0.1, 0.15) is 6.92 Å². The summed E-state index contributed by atoms with van der Waals surface area (Å²) in [6.07, 6.45) is 2.95. The van der Waals surface area contributed by atoms with Gasteiger partial charge in [-0.25, -0.2) is 0 Å². The van der Waals surface area contributed by atoms with Crippen molar-refractivity contribution < 1.29 is 5.11 Å². The van der Waals surface area contributed by atoms with E-state index in [1.54, 1.807) is 6.20 Å². The van der Waals surface area contributed by atoms with E-state index in [4.69, 9.17) is 10.5 Å². The van der Waals surface area contributed by atoms with E-state index in [1.807, 2.05) is 6.92 Å². The third-order valence-corrected chi connectivity index (χ3v) is 0.814. The number of aliphatic hydroxyl groups excluding tert-OH is 1. The summed E-state index contributed by atoms with van der Waals surface area (Å²) in [4.78, 5) is 0. The molecule has 3 heteroatoms. The Labute approximate surface area is 54.9 Å².